The summed E-state index contributed by atoms with van der Waals surface area (Å²) >= 11 is 0. The minimum Gasteiger partial charge on any atom is -0.463 e. The van der Waals surface area contributed by atoms with Crippen molar-refractivity contribution in [2.24, 2.45) is 0 Å². The van der Waals surface area contributed by atoms with Gasteiger partial charge in [0.25, 0.3) is 0 Å². The predicted molar refractivity (Wildman–Crippen MR) is 77.2 cm³/mol. The van der Waals surface area contributed by atoms with Gasteiger partial charge in [0, 0.05) is 6.54 Å². The van der Waals surface area contributed by atoms with E-state index in [1.165, 1.54) is 0 Å². The number of hydrogen-bond donors (Lipinski definition) is 2. The number of carbonyl (C=O) groups is 2. The van der Waals surface area contributed by atoms with Crippen LogP contribution >= 0.6 is 0 Å². The summed E-state index contributed by atoms with van der Waals surface area (Å²) in [6.45, 7) is 5.75. The van der Waals surface area contributed by atoms with Gasteiger partial charge in [-0.1, -0.05) is 30.3 Å². The molecular weight excluding hydrogens is 256 g/mol. The van der Waals surface area contributed by atoms with E-state index < -0.39 is 0 Å². The van der Waals surface area contributed by atoms with Crippen LogP contribution in [-0.4, -0.2) is 24.6 Å². The molecule has 5 nitrogen and oxygen atoms in total. The number of amides is 2. The number of carbonyl (C=O) groups excluding carboxylic acids is 2. The molecule has 0 saturated heterocycles. The Labute approximate surface area is 119 Å². The maximum Gasteiger partial charge on any atom is 0.315 e. The average Bonchev–Trinajstić information content (AvgIpc) is 2.38. The van der Waals surface area contributed by atoms with Crippen LogP contribution in [0.5, 0.6) is 0 Å². The second-order valence-electron chi connectivity index (χ2n) is 4.82. The molecule has 0 aromatic heterocycles. The first-order valence-corrected chi connectivity index (χ1v) is 6.78. The zero-order valence-electron chi connectivity index (χ0n) is 12.2. The maximum atomic E-state index is 11.7. The molecule has 1 unspecified atom stereocenters. The SMILES string of the molecule is CC(C)OC(=O)CCNC(=O)NC(C)c1ccccc1. The van der Waals surface area contributed by atoms with Crippen molar-refractivity contribution in [1.29, 1.82) is 0 Å². The van der Waals surface area contributed by atoms with Crippen LogP contribution in [0.15, 0.2) is 30.3 Å². The van der Waals surface area contributed by atoms with Crippen LogP contribution in [0.3, 0.4) is 0 Å². The summed E-state index contributed by atoms with van der Waals surface area (Å²) in [7, 11) is 0. The van der Waals surface area contributed by atoms with Crippen molar-refractivity contribution in [2.45, 2.75) is 39.3 Å². The van der Waals surface area contributed by atoms with Crippen molar-refractivity contribution in [1.82, 2.24) is 10.6 Å². The van der Waals surface area contributed by atoms with E-state index in [-0.39, 0.29) is 37.1 Å². The molecule has 0 aliphatic heterocycles. The summed E-state index contributed by atoms with van der Waals surface area (Å²) in [4.78, 5) is 22.9. The Kier molecular flexibility index (Phi) is 6.56. The van der Waals surface area contributed by atoms with Crippen molar-refractivity contribution < 1.29 is 14.3 Å². The van der Waals surface area contributed by atoms with E-state index in [1.807, 2.05) is 37.3 Å². The Balaban J connectivity index is 2.25. The molecule has 1 atom stereocenters. The molecule has 20 heavy (non-hydrogen) atoms. The third kappa shape index (κ3) is 6.22. The second kappa shape index (κ2) is 8.19. The van der Waals surface area contributed by atoms with Gasteiger partial charge in [-0.25, -0.2) is 4.79 Å². The monoisotopic (exact) mass is 278 g/mol. The second-order valence-corrected chi connectivity index (χ2v) is 4.82. The molecule has 5 heteroatoms. The molecule has 0 radical (unpaired) electrons. The molecule has 2 N–H and O–H groups in total. The van der Waals surface area contributed by atoms with Crippen LogP contribution in [0.25, 0.3) is 0 Å². The van der Waals surface area contributed by atoms with Crippen LogP contribution in [0.1, 0.15) is 38.8 Å². The molecule has 1 aromatic carbocycles. The Morgan fingerprint density at radius 2 is 1.80 bits per heavy atom. The number of rotatable bonds is 6. The zero-order valence-corrected chi connectivity index (χ0v) is 12.2. The van der Waals surface area contributed by atoms with Gasteiger partial charge in [-0.2, -0.15) is 0 Å². The van der Waals surface area contributed by atoms with Gasteiger partial charge in [0.15, 0.2) is 0 Å². The van der Waals surface area contributed by atoms with Gasteiger partial charge in [0.1, 0.15) is 0 Å². The number of esters is 1. The van der Waals surface area contributed by atoms with Crippen molar-refractivity contribution >= 4 is 12.0 Å². The van der Waals surface area contributed by atoms with Gasteiger partial charge in [0.2, 0.25) is 0 Å². The molecule has 0 bridgehead atoms. The molecule has 0 aliphatic carbocycles. The fourth-order valence-electron chi connectivity index (χ4n) is 1.67. The van der Waals surface area contributed by atoms with E-state index in [9.17, 15) is 9.59 Å². The highest BCUT2D eigenvalue weighted by molar-refractivity contribution is 5.75. The first-order chi connectivity index (χ1) is 9.49. The Morgan fingerprint density at radius 3 is 2.40 bits per heavy atom. The first kappa shape index (κ1) is 16.0. The van der Waals surface area contributed by atoms with Crippen molar-refractivity contribution in [3.8, 4) is 0 Å². The van der Waals surface area contributed by atoms with E-state index in [0.29, 0.717) is 0 Å². The summed E-state index contributed by atoms with van der Waals surface area (Å²) in [5, 5.41) is 5.45. The van der Waals surface area contributed by atoms with E-state index in [4.69, 9.17) is 4.74 Å². The maximum absolute atomic E-state index is 11.7. The third-order valence-corrected chi connectivity index (χ3v) is 2.63. The quantitative estimate of drug-likeness (QED) is 0.785. The lowest BCUT2D eigenvalue weighted by Gasteiger charge is -2.15. The largest absolute Gasteiger partial charge is 0.463 e. The summed E-state index contributed by atoms with van der Waals surface area (Å²) in [6, 6.07) is 9.30. The Hall–Kier alpha value is -2.04. The predicted octanol–water partition coefficient (Wildman–Crippen LogP) is 2.39. The highest BCUT2D eigenvalue weighted by Gasteiger charge is 2.10. The van der Waals surface area contributed by atoms with Crippen LogP contribution in [-0.2, 0) is 9.53 Å². The van der Waals surface area contributed by atoms with Gasteiger partial charge >= 0.3 is 12.0 Å². The van der Waals surface area contributed by atoms with E-state index in [1.54, 1.807) is 13.8 Å². The minimum absolute atomic E-state index is 0.0844. The number of ether oxygens (including phenoxy) is 1. The smallest absolute Gasteiger partial charge is 0.315 e. The van der Waals surface area contributed by atoms with Crippen LogP contribution in [0.4, 0.5) is 4.79 Å². The van der Waals surface area contributed by atoms with Gasteiger partial charge in [0.05, 0.1) is 18.6 Å². The molecule has 0 aliphatic rings. The summed E-state index contributed by atoms with van der Waals surface area (Å²) < 4.78 is 4.97. The zero-order chi connectivity index (χ0) is 15.0. The fourth-order valence-corrected chi connectivity index (χ4v) is 1.67. The lowest BCUT2D eigenvalue weighted by molar-refractivity contribution is -0.147. The van der Waals surface area contributed by atoms with Gasteiger partial charge in [-0.05, 0) is 26.3 Å². The average molecular weight is 278 g/mol. The molecule has 110 valence electrons. The van der Waals surface area contributed by atoms with E-state index in [0.717, 1.165) is 5.56 Å². The molecule has 1 aromatic rings. The highest BCUT2D eigenvalue weighted by Crippen LogP contribution is 2.10. The molecule has 0 fully saturated rings. The van der Waals surface area contributed by atoms with Crippen molar-refractivity contribution in [3.05, 3.63) is 35.9 Å². The van der Waals surface area contributed by atoms with E-state index >= 15 is 0 Å². The van der Waals surface area contributed by atoms with Crippen LogP contribution in [0.2, 0.25) is 0 Å². The van der Waals surface area contributed by atoms with Crippen molar-refractivity contribution in [3.63, 3.8) is 0 Å². The third-order valence-electron chi connectivity index (χ3n) is 2.63. The normalized spacial score (nSPS) is 11.8. The first-order valence-electron chi connectivity index (χ1n) is 6.78. The van der Waals surface area contributed by atoms with Gasteiger partial charge in [-0.3, -0.25) is 4.79 Å². The summed E-state index contributed by atoms with van der Waals surface area (Å²) in [6.07, 6.45) is 0.0418. The topological polar surface area (TPSA) is 67.4 Å². The standard InChI is InChI=1S/C15H22N2O3/c1-11(2)20-14(18)9-10-16-15(19)17-12(3)13-7-5-4-6-8-13/h4-8,11-12H,9-10H2,1-3H3,(H2,16,17,19). The fraction of sp³-hybridized carbons (Fsp3) is 0.467. The number of benzene rings is 1. The van der Waals surface area contributed by atoms with Gasteiger partial charge < -0.3 is 15.4 Å². The van der Waals surface area contributed by atoms with Crippen LogP contribution in [0, 0.1) is 0 Å². The lowest BCUT2D eigenvalue weighted by Crippen LogP contribution is -2.38. The van der Waals surface area contributed by atoms with Crippen LogP contribution < -0.4 is 10.6 Å². The summed E-state index contributed by atoms with van der Waals surface area (Å²) in [5.74, 6) is -0.309. The molecule has 1 rings (SSSR count). The highest BCUT2D eigenvalue weighted by atomic mass is 16.5. The molecule has 0 spiro atoms. The van der Waals surface area contributed by atoms with Gasteiger partial charge in [-0.15, -0.1) is 0 Å². The number of hydrogen-bond acceptors (Lipinski definition) is 3. The number of nitrogens with one attached hydrogen (secondary N) is 2. The Morgan fingerprint density at radius 1 is 1.15 bits per heavy atom. The molecular formula is C15H22N2O3. The lowest BCUT2D eigenvalue weighted by atomic mass is 10.1. The molecule has 2 amide bonds. The molecule has 0 heterocycles. The number of urea groups is 1. The van der Waals surface area contributed by atoms with Crippen molar-refractivity contribution in [2.75, 3.05) is 6.54 Å². The molecule has 0 saturated carbocycles. The minimum atomic E-state index is -0.309. The Bertz CT molecular complexity index is 432. The summed E-state index contributed by atoms with van der Waals surface area (Å²) in [5.41, 5.74) is 1.03. The van der Waals surface area contributed by atoms with E-state index in [2.05, 4.69) is 10.6 Å².